The number of nitrogens with one attached hydrogen (secondary N) is 1. The van der Waals surface area contributed by atoms with Crippen LogP contribution in [-0.4, -0.2) is 14.6 Å². The fourth-order valence-electron chi connectivity index (χ4n) is 2.87. The van der Waals surface area contributed by atoms with Crippen LogP contribution in [0.1, 0.15) is 63.0 Å². The monoisotopic (exact) mass is 312 g/mol. The Labute approximate surface area is 136 Å². The third kappa shape index (κ3) is 3.29. The molecule has 0 amide bonds. The van der Waals surface area contributed by atoms with Crippen molar-refractivity contribution in [2.45, 2.75) is 52.1 Å². The third-order valence-electron chi connectivity index (χ3n) is 4.14. The van der Waals surface area contributed by atoms with E-state index in [0.29, 0.717) is 0 Å². The van der Waals surface area contributed by atoms with E-state index in [2.05, 4.69) is 52.8 Å². The second-order valence-corrected chi connectivity index (χ2v) is 5.87. The maximum absolute atomic E-state index is 5.87. The largest absolute Gasteiger partial charge is 0.464 e. The summed E-state index contributed by atoms with van der Waals surface area (Å²) >= 11 is 0. The summed E-state index contributed by atoms with van der Waals surface area (Å²) in [5.74, 6) is 2.95. The van der Waals surface area contributed by atoms with Crippen molar-refractivity contribution < 1.29 is 4.42 Å². The van der Waals surface area contributed by atoms with Crippen LogP contribution in [0.3, 0.4) is 0 Å². The van der Waals surface area contributed by atoms with E-state index in [1.54, 1.807) is 0 Å². The minimum atomic E-state index is 0.128. The average Bonchev–Trinajstić information content (AvgIpc) is 3.21. The molecule has 2 unspecified atom stereocenters. The van der Waals surface area contributed by atoms with Gasteiger partial charge in [0.1, 0.15) is 11.5 Å². The first-order chi connectivity index (χ1) is 11.2. The zero-order chi connectivity index (χ0) is 16.2. The molecule has 0 aliphatic carbocycles. The molecule has 0 saturated carbocycles. The Balaban J connectivity index is 1.83. The minimum absolute atomic E-state index is 0.128. The standard InChI is InChI=1S/C18H24N4O/c1-4-8-15(18-21-20-17-9-6-7-12-22(17)18)19-13(3)16-11-10-14(5-2)23-16/h6-7,9-13,15,19H,4-5,8H2,1-3H3. The summed E-state index contributed by atoms with van der Waals surface area (Å²) in [4.78, 5) is 0. The van der Waals surface area contributed by atoms with Crippen LogP contribution in [-0.2, 0) is 6.42 Å². The van der Waals surface area contributed by atoms with Crippen molar-refractivity contribution in [2.75, 3.05) is 0 Å². The van der Waals surface area contributed by atoms with Gasteiger partial charge in [-0.1, -0.05) is 26.3 Å². The molecule has 122 valence electrons. The Morgan fingerprint density at radius 2 is 2.04 bits per heavy atom. The summed E-state index contributed by atoms with van der Waals surface area (Å²) in [5, 5.41) is 12.3. The molecule has 23 heavy (non-hydrogen) atoms. The van der Waals surface area contributed by atoms with Gasteiger partial charge in [0, 0.05) is 12.6 Å². The lowest BCUT2D eigenvalue weighted by Gasteiger charge is -2.20. The zero-order valence-electron chi connectivity index (χ0n) is 14.0. The Morgan fingerprint density at radius 1 is 1.17 bits per heavy atom. The highest BCUT2D eigenvalue weighted by Crippen LogP contribution is 2.24. The highest BCUT2D eigenvalue weighted by molar-refractivity contribution is 5.37. The molecule has 0 radical (unpaired) electrons. The predicted octanol–water partition coefficient (Wildman–Crippen LogP) is 4.08. The highest BCUT2D eigenvalue weighted by Gasteiger charge is 2.21. The van der Waals surface area contributed by atoms with Crippen molar-refractivity contribution in [2.24, 2.45) is 0 Å². The van der Waals surface area contributed by atoms with Gasteiger partial charge in [-0.25, -0.2) is 0 Å². The number of aromatic nitrogens is 3. The van der Waals surface area contributed by atoms with Crippen molar-refractivity contribution in [3.8, 4) is 0 Å². The van der Waals surface area contributed by atoms with Gasteiger partial charge in [0.15, 0.2) is 11.5 Å². The Kier molecular flexibility index (Phi) is 4.76. The smallest absolute Gasteiger partial charge is 0.160 e. The van der Waals surface area contributed by atoms with Crippen LogP contribution >= 0.6 is 0 Å². The molecule has 0 aromatic carbocycles. The summed E-state index contributed by atoms with van der Waals surface area (Å²) in [5.41, 5.74) is 0.879. The third-order valence-corrected chi connectivity index (χ3v) is 4.14. The lowest BCUT2D eigenvalue weighted by Crippen LogP contribution is -2.26. The number of nitrogens with zero attached hydrogens (tertiary/aromatic N) is 3. The quantitative estimate of drug-likeness (QED) is 0.714. The maximum atomic E-state index is 5.87. The molecular formula is C18H24N4O. The molecule has 3 aromatic heterocycles. The number of pyridine rings is 1. The summed E-state index contributed by atoms with van der Waals surface area (Å²) in [6.45, 7) is 6.41. The molecule has 2 atom stereocenters. The van der Waals surface area contributed by atoms with Gasteiger partial charge in [-0.3, -0.25) is 9.72 Å². The molecule has 0 saturated heterocycles. The lowest BCUT2D eigenvalue weighted by atomic mass is 10.1. The Hall–Kier alpha value is -2.14. The van der Waals surface area contributed by atoms with Crippen LogP contribution in [0.25, 0.3) is 5.65 Å². The van der Waals surface area contributed by atoms with Gasteiger partial charge in [-0.05, 0) is 37.6 Å². The fourth-order valence-corrected chi connectivity index (χ4v) is 2.87. The maximum Gasteiger partial charge on any atom is 0.160 e. The van der Waals surface area contributed by atoms with Gasteiger partial charge in [-0.15, -0.1) is 10.2 Å². The zero-order valence-corrected chi connectivity index (χ0v) is 14.0. The van der Waals surface area contributed by atoms with Crippen LogP contribution in [0, 0.1) is 0 Å². The molecule has 0 aliphatic rings. The van der Waals surface area contributed by atoms with Gasteiger partial charge < -0.3 is 4.42 Å². The minimum Gasteiger partial charge on any atom is -0.464 e. The van der Waals surface area contributed by atoms with Crippen LogP contribution < -0.4 is 5.32 Å². The van der Waals surface area contributed by atoms with Crippen molar-refractivity contribution in [1.29, 1.82) is 0 Å². The molecular weight excluding hydrogens is 288 g/mol. The number of rotatable bonds is 7. The van der Waals surface area contributed by atoms with E-state index in [-0.39, 0.29) is 12.1 Å². The van der Waals surface area contributed by atoms with Gasteiger partial charge in [-0.2, -0.15) is 0 Å². The number of furan rings is 1. The molecule has 0 aliphatic heterocycles. The topological polar surface area (TPSA) is 55.4 Å². The first-order valence-electron chi connectivity index (χ1n) is 8.37. The van der Waals surface area contributed by atoms with E-state index in [1.165, 1.54) is 0 Å². The second kappa shape index (κ2) is 6.96. The predicted molar refractivity (Wildman–Crippen MR) is 90.3 cm³/mol. The number of hydrogen-bond donors (Lipinski definition) is 1. The molecule has 3 heterocycles. The first-order valence-corrected chi connectivity index (χ1v) is 8.37. The molecule has 0 bridgehead atoms. The lowest BCUT2D eigenvalue weighted by molar-refractivity contribution is 0.359. The summed E-state index contributed by atoms with van der Waals surface area (Å²) in [6, 6.07) is 10.3. The number of fused-ring (bicyclic) bond motifs is 1. The Bertz CT molecular complexity index is 761. The van der Waals surface area contributed by atoms with Gasteiger partial charge in [0.05, 0.1) is 12.1 Å². The van der Waals surface area contributed by atoms with Crippen molar-refractivity contribution >= 4 is 5.65 Å². The molecule has 0 spiro atoms. The first kappa shape index (κ1) is 15.7. The molecule has 5 nitrogen and oxygen atoms in total. The van der Waals surface area contributed by atoms with E-state index in [4.69, 9.17) is 4.42 Å². The van der Waals surface area contributed by atoms with Crippen LogP contribution in [0.15, 0.2) is 40.9 Å². The molecule has 3 aromatic rings. The van der Waals surface area contributed by atoms with Crippen LogP contribution in [0.5, 0.6) is 0 Å². The summed E-state index contributed by atoms with van der Waals surface area (Å²) in [7, 11) is 0. The van der Waals surface area contributed by atoms with E-state index in [1.807, 2.05) is 24.4 Å². The van der Waals surface area contributed by atoms with Gasteiger partial charge in [0.25, 0.3) is 0 Å². The van der Waals surface area contributed by atoms with E-state index in [9.17, 15) is 0 Å². The van der Waals surface area contributed by atoms with Gasteiger partial charge in [0.2, 0.25) is 0 Å². The average molecular weight is 312 g/mol. The van der Waals surface area contributed by atoms with Crippen molar-refractivity contribution in [3.05, 3.63) is 53.9 Å². The number of aryl methyl sites for hydroxylation is 1. The van der Waals surface area contributed by atoms with Crippen molar-refractivity contribution in [1.82, 2.24) is 19.9 Å². The van der Waals surface area contributed by atoms with E-state index >= 15 is 0 Å². The van der Waals surface area contributed by atoms with Crippen LogP contribution in [0.4, 0.5) is 0 Å². The molecule has 0 fully saturated rings. The Morgan fingerprint density at radius 3 is 2.78 bits per heavy atom. The summed E-state index contributed by atoms with van der Waals surface area (Å²) < 4.78 is 7.93. The van der Waals surface area contributed by atoms with E-state index in [0.717, 1.165) is 42.3 Å². The molecule has 3 rings (SSSR count). The highest BCUT2D eigenvalue weighted by atomic mass is 16.3. The van der Waals surface area contributed by atoms with Gasteiger partial charge >= 0.3 is 0 Å². The van der Waals surface area contributed by atoms with Crippen molar-refractivity contribution in [3.63, 3.8) is 0 Å². The summed E-state index contributed by atoms with van der Waals surface area (Å²) in [6.07, 6.45) is 5.01. The van der Waals surface area contributed by atoms with E-state index < -0.39 is 0 Å². The molecule has 1 N–H and O–H groups in total. The normalized spacial score (nSPS) is 14.2. The second-order valence-electron chi connectivity index (χ2n) is 5.87. The molecule has 5 heteroatoms. The number of hydrogen-bond acceptors (Lipinski definition) is 4. The SMILES string of the molecule is CCCC(NC(C)c1ccc(CC)o1)c1nnc2ccccn12. The van der Waals surface area contributed by atoms with Crippen LogP contribution in [0.2, 0.25) is 0 Å². The fraction of sp³-hybridized carbons (Fsp3) is 0.444.